The highest BCUT2D eigenvalue weighted by Crippen LogP contribution is 2.28. The van der Waals surface area contributed by atoms with Crippen LogP contribution in [0.1, 0.15) is 21.5 Å². The SMILES string of the molecule is CO[C@H](CNC(=O)c1cc2ccccc2[nH]1)c1ccc(Cl)s1. The van der Waals surface area contributed by atoms with Gasteiger partial charge in [0.15, 0.2) is 0 Å². The van der Waals surface area contributed by atoms with Gasteiger partial charge < -0.3 is 15.0 Å². The highest BCUT2D eigenvalue weighted by atomic mass is 35.5. The van der Waals surface area contributed by atoms with Crippen LogP contribution in [0.5, 0.6) is 0 Å². The minimum absolute atomic E-state index is 0.152. The van der Waals surface area contributed by atoms with Crippen molar-refractivity contribution in [3.63, 3.8) is 0 Å². The van der Waals surface area contributed by atoms with Crippen LogP contribution in [-0.4, -0.2) is 24.5 Å². The van der Waals surface area contributed by atoms with Crippen LogP contribution in [0.4, 0.5) is 0 Å². The molecule has 1 atom stereocenters. The minimum atomic E-state index is -0.203. The van der Waals surface area contributed by atoms with Crippen molar-refractivity contribution < 1.29 is 9.53 Å². The zero-order valence-electron chi connectivity index (χ0n) is 11.9. The Balaban J connectivity index is 1.68. The van der Waals surface area contributed by atoms with E-state index in [9.17, 15) is 4.79 Å². The number of para-hydroxylation sites is 1. The van der Waals surface area contributed by atoms with Gasteiger partial charge in [-0.3, -0.25) is 4.79 Å². The Bertz CT molecular complexity index is 763. The highest BCUT2D eigenvalue weighted by Gasteiger charge is 2.16. The Morgan fingerprint density at radius 3 is 2.86 bits per heavy atom. The first-order chi connectivity index (χ1) is 10.7. The number of ether oxygens (including phenoxy) is 1. The van der Waals surface area contributed by atoms with Crippen LogP contribution in [0.25, 0.3) is 10.9 Å². The number of H-pyrrole nitrogens is 1. The first-order valence-electron chi connectivity index (χ1n) is 6.81. The predicted molar refractivity (Wildman–Crippen MR) is 89.7 cm³/mol. The number of carbonyl (C=O) groups excluding carboxylic acids is 1. The number of thiophene rings is 1. The Labute approximate surface area is 137 Å². The monoisotopic (exact) mass is 334 g/mol. The van der Waals surface area contributed by atoms with Crippen LogP contribution < -0.4 is 5.32 Å². The van der Waals surface area contributed by atoms with Crippen molar-refractivity contribution in [3.05, 3.63) is 57.4 Å². The summed E-state index contributed by atoms with van der Waals surface area (Å²) in [5.41, 5.74) is 1.49. The molecule has 3 rings (SSSR count). The molecule has 0 saturated heterocycles. The fourth-order valence-corrected chi connectivity index (χ4v) is 3.42. The molecule has 0 fully saturated rings. The van der Waals surface area contributed by atoms with Crippen LogP contribution in [0.3, 0.4) is 0 Å². The number of amides is 1. The van der Waals surface area contributed by atoms with Gasteiger partial charge in [0.25, 0.3) is 5.91 Å². The zero-order valence-corrected chi connectivity index (χ0v) is 13.5. The summed E-state index contributed by atoms with van der Waals surface area (Å²) in [7, 11) is 1.62. The number of aromatic amines is 1. The van der Waals surface area contributed by atoms with E-state index in [2.05, 4.69) is 10.3 Å². The third-order valence-corrected chi connectivity index (χ3v) is 4.74. The second-order valence-corrected chi connectivity index (χ2v) is 6.59. The van der Waals surface area contributed by atoms with Crippen LogP contribution in [0.2, 0.25) is 4.34 Å². The van der Waals surface area contributed by atoms with Crippen LogP contribution in [0.15, 0.2) is 42.5 Å². The number of carbonyl (C=O) groups is 1. The Hall–Kier alpha value is -1.82. The van der Waals surface area contributed by atoms with Crippen molar-refractivity contribution in [3.8, 4) is 0 Å². The molecule has 0 saturated carbocycles. The number of halogens is 1. The topological polar surface area (TPSA) is 54.1 Å². The van der Waals surface area contributed by atoms with Gasteiger partial charge in [-0.2, -0.15) is 0 Å². The zero-order chi connectivity index (χ0) is 15.5. The molecule has 0 aliphatic heterocycles. The summed E-state index contributed by atoms with van der Waals surface area (Å²) in [5, 5.41) is 3.90. The molecule has 2 heterocycles. The number of rotatable bonds is 5. The van der Waals surface area contributed by atoms with Crippen molar-refractivity contribution in [2.45, 2.75) is 6.10 Å². The molecule has 0 bridgehead atoms. The number of nitrogens with one attached hydrogen (secondary N) is 2. The Morgan fingerprint density at radius 2 is 2.18 bits per heavy atom. The second kappa shape index (κ2) is 6.52. The molecule has 6 heteroatoms. The van der Waals surface area contributed by atoms with Crippen LogP contribution in [-0.2, 0) is 4.74 Å². The molecule has 22 heavy (non-hydrogen) atoms. The third-order valence-electron chi connectivity index (χ3n) is 3.42. The van der Waals surface area contributed by atoms with Gasteiger partial charge >= 0.3 is 0 Å². The molecule has 1 amide bonds. The molecule has 0 aliphatic carbocycles. The van der Waals surface area contributed by atoms with Crippen LogP contribution in [0, 0.1) is 0 Å². The van der Waals surface area contributed by atoms with E-state index in [1.807, 2.05) is 42.5 Å². The molecular formula is C16H15ClN2O2S. The normalized spacial score (nSPS) is 12.5. The lowest BCUT2D eigenvalue weighted by Gasteiger charge is -2.14. The van der Waals surface area contributed by atoms with Gasteiger partial charge in [0.1, 0.15) is 11.8 Å². The molecule has 0 spiro atoms. The van der Waals surface area contributed by atoms with Crippen molar-refractivity contribution in [1.82, 2.24) is 10.3 Å². The first kappa shape index (κ1) is 15.1. The van der Waals surface area contributed by atoms with Gasteiger partial charge in [-0.25, -0.2) is 0 Å². The van der Waals surface area contributed by atoms with Gasteiger partial charge in [-0.1, -0.05) is 29.8 Å². The number of aromatic nitrogens is 1. The molecule has 1 aromatic carbocycles. The molecule has 3 aromatic rings. The summed E-state index contributed by atoms with van der Waals surface area (Å²) in [4.78, 5) is 16.4. The lowest BCUT2D eigenvalue weighted by atomic mass is 10.2. The van der Waals surface area contributed by atoms with Crippen molar-refractivity contribution in [2.24, 2.45) is 0 Å². The van der Waals surface area contributed by atoms with E-state index in [1.165, 1.54) is 11.3 Å². The number of hydrogen-bond acceptors (Lipinski definition) is 3. The molecule has 2 N–H and O–H groups in total. The van der Waals surface area contributed by atoms with E-state index in [-0.39, 0.29) is 12.0 Å². The Kier molecular flexibility index (Phi) is 4.47. The van der Waals surface area contributed by atoms with Crippen LogP contribution >= 0.6 is 22.9 Å². The van der Waals surface area contributed by atoms with Gasteiger partial charge in [-0.05, 0) is 24.3 Å². The van der Waals surface area contributed by atoms with Crippen molar-refractivity contribution in [2.75, 3.05) is 13.7 Å². The molecule has 114 valence electrons. The lowest BCUT2D eigenvalue weighted by molar-refractivity contribution is 0.0834. The van der Waals surface area contributed by atoms with E-state index in [1.54, 1.807) is 7.11 Å². The third kappa shape index (κ3) is 3.16. The smallest absolute Gasteiger partial charge is 0.267 e. The maximum Gasteiger partial charge on any atom is 0.267 e. The molecular weight excluding hydrogens is 320 g/mol. The number of hydrogen-bond donors (Lipinski definition) is 2. The lowest BCUT2D eigenvalue weighted by Crippen LogP contribution is -2.29. The summed E-state index contributed by atoms with van der Waals surface area (Å²) in [6.45, 7) is 0.390. The van der Waals surface area contributed by atoms with E-state index >= 15 is 0 Å². The number of methoxy groups -OCH3 is 1. The standard InChI is InChI=1S/C16H15ClN2O2S/c1-21-13(14-6-7-15(17)22-14)9-18-16(20)12-8-10-4-2-3-5-11(10)19-12/h2-8,13,19H,9H2,1H3,(H,18,20)/t13-/m1/s1. The first-order valence-corrected chi connectivity index (χ1v) is 8.01. The Morgan fingerprint density at radius 1 is 1.36 bits per heavy atom. The maximum atomic E-state index is 12.3. The summed E-state index contributed by atoms with van der Waals surface area (Å²) in [6.07, 6.45) is -0.203. The summed E-state index contributed by atoms with van der Waals surface area (Å²) < 4.78 is 6.13. The minimum Gasteiger partial charge on any atom is -0.374 e. The van der Waals surface area contributed by atoms with Gasteiger partial charge in [0.2, 0.25) is 0 Å². The van der Waals surface area contributed by atoms with Gasteiger partial charge in [-0.15, -0.1) is 11.3 Å². The van der Waals surface area contributed by atoms with E-state index < -0.39 is 0 Å². The van der Waals surface area contributed by atoms with E-state index in [4.69, 9.17) is 16.3 Å². The summed E-state index contributed by atoms with van der Waals surface area (Å²) in [6, 6.07) is 13.4. The fraction of sp³-hybridized carbons (Fsp3) is 0.188. The average Bonchev–Trinajstić information content (AvgIpc) is 3.14. The summed E-state index contributed by atoms with van der Waals surface area (Å²) >= 11 is 7.39. The fourth-order valence-electron chi connectivity index (χ4n) is 2.28. The molecule has 0 unspecified atom stereocenters. The molecule has 0 aliphatic rings. The predicted octanol–water partition coefficient (Wildman–Crippen LogP) is 4.00. The quantitative estimate of drug-likeness (QED) is 0.741. The number of fused-ring (bicyclic) bond motifs is 1. The molecule has 4 nitrogen and oxygen atoms in total. The largest absolute Gasteiger partial charge is 0.374 e. The van der Waals surface area contributed by atoms with Crippen molar-refractivity contribution in [1.29, 1.82) is 0 Å². The summed E-state index contributed by atoms with van der Waals surface area (Å²) in [5.74, 6) is -0.152. The maximum absolute atomic E-state index is 12.3. The second-order valence-electron chi connectivity index (χ2n) is 4.85. The van der Waals surface area contributed by atoms with Crippen molar-refractivity contribution >= 4 is 39.7 Å². The average molecular weight is 335 g/mol. The molecule has 2 aromatic heterocycles. The number of benzene rings is 1. The van der Waals surface area contributed by atoms with E-state index in [0.29, 0.717) is 16.6 Å². The van der Waals surface area contributed by atoms with Gasteiger partial charge in [0.05, 0.1) is 4.34 Å². The van der Waals surface area contributed by atoms with E-state index in [0.717, 1.165) is 15.8 Å². The highest BCUT2D eigenvalue weighted by molar-refractivity contribution is 7.16. The molecule has 0 radical (unpaired) electrons. The van der Waals surface area contributed by atoms with Gasteiger partial charge in [0, 0.05) is 29.4 Å².